The molecule has 0 amide bonds. The van der Waals surface area contributed by atoms with E-state index in [4.69, 9.17) is 5.26 Å². The predicted octanol–water partition coefficient (Wildman–Crippen LogP) is 2.59. The summed E-state index contributed by atoms with van der Waals surface area (Å²) in [6.07, 6.45) is 0. The van der Waals surface area contributed by atoms with E-state index >= 15 is 0 Å². The predicted molar refractivity (Wildman–Crippen MR) is 70.7 cm³/mol. The lowest BCUT2D eigenvalue weighted by atomic mass is 10.0. The van der Waals surface area contributed by atoms with Crippen LogP contribution < -0.4 is 0 Å². The third-order valence-corrected chi connectivity index (χ3v) is 3.37. The lowest BCUT2D eigenvalue weighted by Crippen LogP contribution is -2.15. The molecule has 0 bridgehead atoms. The standard InChI is InChI=1S/C13H18N2S/c1-15(2)8-9-16-11-13(10-14)12-6-4-3-5-7-12/h3-7,13H,8-9,11H2,1-2H3. The van der Waals surface area contributed by atoms with E-state index in [0.717, 1.165) is 23.6 Å². The number of thioether (sulfide) groups is 1. The lowest BCUT2D eigenvalue weighted by Gasteiger charge is -2.11. The van der Waals surface area contributed by atoms with Gasteiger partial charge in [-0.15, -0.1) is 0 Å². The van der Waals surface area contributed by atoms with Crippen LogP contribution in [0.25, 0.3) is 0 Å². The molecule has 0 radical (unpaired) electrons. The van der Waals surface area contributed by atoms with Crippen LogP contribution in [0.5, 0.6) is 0 Å². The molecule has 0 aliphatic heterocycles. The molecule has 0 spiro atoms. The van der Waals surface area contributed by atoms with Gasteiger partial charge in [-0.3, -0.25) is 0 Å². The number of hydrogen-bond donors (Lipinski definition) is 0. The van der Waals surface area contributed by atoms with Gasteiger partial charge in [0.25, 0.3) is 0 Å². The van der Waals surface area contributed by atoms with Crippen molar-refractivity contribution in [3.63, 3.8) is 0 Å². The highest BCUT2D eigenvalue weighted by molar-refractivity contribution is 7.99. The molecular weight excluding hydrogens is 216 g/mol. The lowest BCUT2D eigenvalue weighted by molar-refractivity contribution is 0.437. The van der Waals surface area contributed by atoms with Gasteiger partial charge in [-0.05, 0) is 19.7 Å². The summed E-state index contributed by atoms with van der Waals surface area (Å²) in [6, 6.07) is 12.4. The summed E-state index contributed by atoms with van der Waals surface area (Å²) in [5, 5.41) is 9.11. The van der Waals surface area contributed by atoms with Crippen molar-refractivity contribution in [1.29, 1.82) is 5.26 Å². The van der Waals surface area contributed by atoms with Crippen molar-refractivity contribution < 1.29 is 0 Å². The molecule has 0 aromatic heterocycles. The Bertz CT molecular complexity index is 330. The van der Waals surface area contributed by atoms with Gasteiger partial charge < -0.3 is 4.90 Å². The highest BCUT2D eigenvalue weighted by Crippen LogP contribution is 2.19. The summed E-state index contributed by atoms with van der Waals surface area (Å²) in [5.74, 6) is 1.99. The molecule has 1 aromatic rings. The first-order valence-electron chi connectivity index (χ1n) is 5.41. The van der Waals surface area contributed by atoms with E-state index in [-0.39, 0.29) is 5.92 Å². The molecule has 86 valence electrons. The summed E-state index contributed by atoms with van der Waals surface area (Å²) in [6.45, 7) is 1.07. The molecule has 1 atom stereocenters. The Morgan fingerprint density at radius 2 is 2.00 bits per heavy atom. The second-order valence-corrected chi connectivity index (χ2v) is 5.12. The van der Waals surface area contributed by atoms with Gasteiger partial charge in [-0.25, -0.2) is 0 Å². The van der Waals surface area contributed by atoms with Crippen LogP contribution in [0.15, 0.2) is 30.3 Å². The van der Waals surface area contributed by atoms with Crippen molar-refractivity contribution in [2.75, 3.05) is 32.1 Å². The van der Waals surface area contributed by atoms with Crippen molar-refractivity contribution in [3.05, 3.63) is 35.9 Å². The molecule has 0 aliphatic carbocycles. The maximum absolute atomic E-state index is 9.11. The average Bonchev–Trinajstić information content (AvgIpc) is 2.30. The molecule has 1 aromatic carbocycles. The van der Waals surface area contributed by atoms with E-state index < -0.39 is 0 Å². The molecule has 2 nitrogen and oxygen atoms in total. The topological polar surface area (TPSA) is 27.0 Å². The molecule has 0 fully saturated rings. The smallest absolute Gasteiger partial charge is 0.0803 e. The first-order chi connectivity index (χ1) is 7.74. The molecule has 16 heavy (non-hydrogen) atoms. The molecule has 1 rings (SSSR count). The van der Waals surface area contributed by atoms with Crippen LogP contribution in [0, 0.1) is 11.3 Å². The SMILES string of the molecule is CN(C)CCSCC(C#N)c1ccccc1. The van der Waals surface area contributed by atoms with Crippen LogP contribution in [-0.2, 0) is 0 Å². The normalized spacial score (nSPS) is 12.4. The Hall–Kier alpha value is -0.980. The van der Waals surface area contributed by atoms with Crippen LogP contribution in [0.4, 0.5) is 0 Å². The second kappa shape index (κ2) is 7.32. The molecule has 0 saturated heterocycles. The fourth-order valence-corrected chi connectivity index (χ4v) is 2.51. The molecule has 1 unspecified atom stereocenters. The van der Waals surface area contributed by atoms with E-state index in [1.165, 1.54) is 0 Å². The number of nitrogens with zero attached hydrogens (tertiary/aromatic N) is 2. The largest absolute Gasteiger partial charge is 0.309 e. The fraction of sp³-hybridized carbons (Fsp3) is 0.462. The van der Waals surface area contributed by atoms with Gasteiger partial charge in [0.2, 0.25) is 0 Å². The minimum atomic E-state index is 0.0216. The summed E-state index contributed by atoms with van der Waals surface area (Å²) in [7, 11) is 4.14. The van der Waals surface area contributed by atoms with Crippen LogP contribution in [0.1, 0.15) is 11.5 Å². The molecule has 0 saturated carbocycles. The Morgan fingerprint density at radius 3 is 2.56 bits per heavy atom. The Labute approximate surface area is 102 Å². The summed E-state index contributed by atoms with van der Waals surface area (Å²) in [5.41, 5.74) is 1.13. The van der Waals surface area contributed by atoms with E-state index in [1.54, 1.807) is 0 Å². The van der Waals surface area contributed by atoms with Gasteiger partial charge in [-0.2, -0.15) is 17.0 Å². The third-order valence-electron chi connectivity index (χ3n) is 2.33. The minimum Gasteiger partial charge on any atom is -0.309 e. The van der Waals surface area contributed by atoms with E-state index in [2.05, 4.69) is 25.1 Å². The van der Waals surface area contributed by atoms with Gasteiger partial charge in [-0.1, -0.05) is 30.3 Å². The first kappa shape index (κ1) is 13.1. The Balaban J connectivity index is 2.37. The molecule has 3 heteroatoms. The maximum Gasteiger partial charge on any atom is 0.0803 e. The number of hydrogen-bond acceptors (Lipinski definition) is 3. The van der Waals surface area contributed by atoms with Gasteiger partial charge >= 0.3 is 0 Å². The number of benzene rings is 1. The molecule has 0 aliphatic rings. The summed E-state index contributed by atoms with van der Waals surface area (Å²) in [4.78, 5) is 2.16. The van der Waals surface area contributed by atoms with E-state index in [0.29, 0.717) is 0 Å². The first-order valence-corrected chi connectivity index (χ1v) is 6.56. The summed E-state index contributed by atoms with van der Waals surface area (Å²) >= 11 is 1.84. The monoisotopic (exact) mass is 234 g/mol. The van der Waals surface area contributed by atoms with Crippen LogP contribution >= 0.6 is 11.8 Å². The van der Waals surface area contributed by atoms with Gasteiger partial charge in [0.05, 0.1) is 12.0 Å². The number of rotatable bonds is 6. The third kappa shape index (κ3) is 4.69. The van der Waals surface area contributed by atoms with Crippen molar-refractivity contribution in [3.8, 4) is 6.07 Å². The highest BCUT2D eigenvalue weighted by Gasteiger charge is 2.09. The second-order valence-electron chi connectivity index (χ2n) is 3.97. The van der Waals surface area contributed by atoms with Crippen molar-refractivity contribution in [2.24, 2.45) is 0 Å². The van der Waals surface area contributed by atoms with Gasteiger partial charge in [0.1, 0.15) is 0 Å². The Kier molecular flexibility index (Phi) is 5.99. The van der Waals surface area contributed by atoms with Gasteiger partial charge in [0, 0.05) is 18.1 Å². The minimum absolute atomic E-state index is 0.0216. The quantitative estimate of drug-likeness (QED) is 0.708. The molecular formula is C13H18N2S. The van der Waals surface area contributed by atoms with Crippen LogP contribution in [0.3, 0.4) is 0 Å². The average molecular weight is 234 g/mol. The fourth-order valence-electron chi connectivity index (χ4n) is 1.34. The van der Waals surface area contributed by atoms with Crippen molar-refractivity contribution in [1.82, 2.24) is 4.90 Å². The number of nitriles is 1. The van der Waals surface area contributed by atoms with Crippen LogP contribution in [-0.4, -0.2) is 37.0 Å². The Morgan fingerprint density at radius 1 is 1.31 bits per heavy atom. The van der Waals surface area contributed by atoms with Crippen molar-refractivity contribution in [2.45, 2.75) is 5.92 Å². The zero-order valence-electron chi connectivity index (χ0n) is 9.89. The summed E-state index contributed by atoms with van der Waals surface area (Å²) < 4.78 is 0. The van der Waals surface area contributed by atoms with Gasteiger partial charge in [0.15, 0.2) is 0 Å². The van der Waals surface area contributed by atoms with Crippen LogP contribution in [0.2, 0.25) is 0 Å². The zero-order chi connectivity index (χ0) is 11.8. The van der Waals surface area contributed by atoms with Crippen molar-refractivity contribution >= 4 is 11.8 Å². The van der Waals surface area contributed by atoms with E-state index in [9.17, 15) is 0 Å². The molecule has 0 heterocycles. The highest BCUT2D eigenvalue weighted by atomic mass is 32.2. The molecule has 0 N–H and O–H groups in total. The van der Waals surface area contributed by atoms with E-state index in [1.807, 2.05) is 42.1 Å². The maximum atomic E-state index is 9.11. The zero-order valence-corrected chi connectivity index (χ0v) is 10.7.